The molecule has 0 radical (unpaired) electrons. The van der Waals surface area contributed by atoms with E-state index >= 15 is 0 Å². The summed E-state index contributed by atoms with van der Waals surface area (Å²) in [6.07, 6.45) is 2.65. The minimum Gasteiger partial charge on any atom is -0.481 e. The molecule has 1 heterocycles. The van der Waals surface area contributed by atoms with Crippen LogP contribution in [0.3, 0.4) is 0 Å². The van der Waals surface area contributed by atoms with Crippen LogP contribution in [0.2, 0.25) is 0 Å². The molecule has 0 aromatic carbocycles. The highest BCUT2D eigenvalue weighted by Gasteiger charge is 2.08. The van der Waals surface area contributed by atoms with E-state index in [-0.39, 0.29) is 31.1 Å². The highest BCUT2D eigenvalue weighted by molar-refractivity contribution is 5.96. The summed E-state index contributed by atoms with van der Waals surface area (Å²) in [5.41, 5.74) is 0.408. The zero-order chi connectivity index (χ0) is 12.7. The number of aromatic nitrogens is 1. The zero-order valence-corrected chi connectivity index (χ0v) is 9.05. The molecule has 0 atom stereocenters. The number of ketones is 1. The molecular weight excluding hydrogens is 224 g/mol. The average Bonchev–Trinajstić information content (AvgIpc) is 2.34. The quantitative estimate of drug-likeness (QED) is 0.737. The summed E-state index contributed by atoms with van der Waals surface area (Å²) in [5.74, 6) is -1.72. The Labute approximate surface area is 97.7 Å². The predicted molar refractivity (Wildman–Crippen MR) is 58.4 cm³/mol. The van der Waals surface area contributed by atoms with Crippen LogP contribution in [0, 0.1) is 0 Å². The molecule has 0 aliphatic rings. The molecule has 0 aliphatic heterocycles. The van der Waals surface area contributed by atoms with Crippen molar-refractivity contribution >= 4 is 17.7 Å². The molecule has 0 aliphatic carbocycles. The first-order valence-corrected chi connectivity index (χ1v) is 5.01. The van der Waals surface area contributed by atoms with Gasteiger partial charge in [0, 0.05) is 24.4 Å². The lowest BCUT2D eigenvalue weighted by Gasteiger charge is -2.03. The molecule has 0 saturated carbocycles. The van der Waals surface area contributed by atoms with Gasteiger partial charge in [-0.15, -0.1) is 0 Å². The molecule has 90 valence electrons. The van der Waals surface area contributed by atoms with Gasteiger partial charge in [-0.25, -0.2) is 0 Å². The Morgan fingerprint density at radius 1 is 1.18 bits per heavy atom. The minimum absolute atomic E-state index is 0.0774. The summed E-state index contributed by atoms with van der Waals surface area (Å²) >= 11 is 0. The Hall–Kier alpha value is -2.24. The number of carbonyl (C=O) groups excluding carboxylic acids is 2. The van der Waals surface area contributed by atoms with Crippen molar-refractivity contribution in [1.82, 2.24) is 10.3 Å². The number of nitrogens with zero attached hydrogens (tertiary/aromatic N) is 1. The van der Waals surface area contributed by atoms with E-state index in [1.54, 1.807) is 0 Å². The van der Waals surface area contributed by atoms with Crippen molar-refractivity contribution in [2.45, 2.75) is 12.8 Å². The maximum absolute atomic E-state index is 11.5. The molecule has 0 spiro atoms. The van der Waals surface area contributed by atoms with Gasteiger partial charge in [0.25, 0.3) is 5.91 Å². The van der Waals surface area contributed by atoms with Crippen LogP contribution in [0.5, 0.6) is 0 Å². The van der Waals surface area contributed by atoms with Crippen molar-refractivity contribution in [3.05, 3.63) is 30.1 Å². The lowest BCUT2D eigenvalue weighted by atomic mass is 10.2. The molecular formula is C11H12N2O4. The third-order valence-electron chi connectivity index (χ3n) is 2.01. The fraction of sp³-hybridized carbons (Fsp3) is 0.273. The number of hydrogen-bond acceptors (Lipinski definition) is 4. The van der Waals surface area contributed by atoms with Gasteiger partial charge in [0.1, 0.15) is 0 Å². The van der Waals surface area contributed by atoms with E-state index < -0.39 is 5.97 Å². The predicted octanol–water partition coefficient (Wildman–Crippen LogP) is 0.245. The number of carbonyl (C=O) groups is 3. The van der Waals surface area contributed by atoms with Crippen molar-refractivity contribution in [3.8, 4) is 0 Å². The van der Waals surface area contributed by atoms with Gasteiger partial charge in [0.2, 0.25) is 0 Å². The van der Waals surface area contributed by atoms with E-state index in [1.165, 1.54) is 24.5 Å². The normalized spacial score (nSPS) is 9.65. The van der Waals surface area contributed by atoms with E-state index in [4.69, 9.17) is 5.11 Å². The van der Waals surface area contributed by atoms with Gasteiger partial charge in [-0.05, 0) is 12.1 Å². The van der Waals surface area contributed by atoms with E-state index in [1.807, 2.05) is 0 Å². The van der Waals surface area contributed by atoms with Crippen LogP contribution in [0.4, 0.5) is 0 Å². The van der Waals surface area contributed by atoms with Crippen LogP contribution in [-0.2, 0) is 9.59 Å². The van der Waals surface area contributed by atoms with Crippen molar-refractivity contribution < 1.29 is 19.5 Å². The van der Waals surface area contributed by atoms with Gasteiger partial charge in [-0.2, -0.15) is 0 Å². The average molecular weight is 236 g/mol. The molecule has 1 amide bonds. The van der Waals surface area contributed by atoms with Crippen LogP contribution in [0.25, 0.3) is 0 Å². The van der Waals surface area contributed by atoms with E-state index in [9.17, 15) is 14.4 Å². The molecule has 0 saturated heterocycles. The summed E-state index contributed by atoms with van der Waals surface area (Å²) in [4.78, 5) is 36.6. The Bertz CT molecular complexity index is 417. The second-order valence-electron chi connectivity index (χ2n) is 3.35. The monoisotopic (exact) mass is 236 g/mol. The van der Waals surface area contributed by atoms with Gasteiger partial charge < -0.3 is 10.4 Å². The van der Waals surface area contributed by atoms with Crippen molar-refractivity contribution in [2.75, 3.05) is 6.54 Å². The number of hydrogen-bond donors (Lipinski definition) is 2. The number of nitrogens with one attached hydrogen (secondary N) is 1. The smallest absolute Gasteiger partial charge is 0.303 e. The summed E-state index contributed by atoms with van der Waals surface area (Å²) in [6.45, 7) is -0.158. The minimum atomic E-state index is -1.03. The first kappa shape index (κ1) is 12.8. The molecule has 0 bridgehead atoms. The fourth-order valence-electron chi connectivity index (χ4n) is 1.12. The van der Waals surface area contributed by atoms with Crippen molar-refractivity contribution in [1.29, 1.82) is 0 Å². The Morgan fingerprint density at radius 3 is 2.41 bits per heavy atom. The molecule has 0 fully saturated rings. The Balaban J connectivity index is 2.34. The zero-order valence-electron chi connectivity index (χ0n) is 9.05. The summed E-state index contributed by atoms with van der Waals surface area (Å²) in [7, 11) is 0. The second-order valence-corrected chi connectivity index (χ2v) is 3.35. The molecule has 1 aromatic heterocycles. The van der Waals surface area contributed by atoms with Crippen LogP contribution in [0.15, 0.2) is 24.5 Å². The van der Waals surface area contributed by atoms with Crippen LogP contribution in [0.1, 0.15) is 23.2 Å². The number of carboxylic acids is 1. The highest BCUT2D eigenvalue weighted by atomic mass is 16.4. The molecule has 1 aromatic rings. The van der Waals surface area contributed by atoms with E-state index in [0.717, 1.165) is 0 Å². The summed E-state index contributed by atoms with van der Waals surface area (Å²) < 4.78 is 0. The van der Waals surface area contributed by atoms with E-state index in [0.29, 0.717) is 5.56 Å². The van der Waals surface area contributed by atoms with Gasteiger partial charge in [0.15, 0.2) is 5.78 Å². The molecule has 6 nitrogen and oxygen atoms in total. The van der Waals surface area contributed by atoms with Gasteiger partial charge >= 0.3 is 5.97 Å². The number of amides is 1. The van der Waals surface area contributed by atoms with Crippen LogP contribution in [-0.4, -0.2) is 34.3 Å². The molecule has 2 N–H and O–H groups in total. The SMILES string of the molecule is O=C(O)CCC(=O)CNC(=O)c1ccncc1. The maximum Gasteiger partial charge on any atom is 0.303 e. The maximum atomic E-state index is 11.5. The summed E-state index contributed by atoms with van der Waals surface area (Å²) in [5, 5.41) is 10.8. The molecule has 17 heavy (non-hydrogen) atoms. The van der Waals surface area contributed by atoms with Crippen molar-refractivity contribution in [2.24, 2.45) is 0 Å². The van der Waals surface area contributed by atoms with Gasteiger partial charge in [-0.3, -0.25) is 19.4 Å². The lowest BCUT2D eigenvalue weighted by molar-refractivity contribution is -0.138. The van der Waals surface area contributed by atoms with Crippen LogP contribution >= 0.6 is 0 Å². The van der Waals surface area contributed by atoms with E-state index in [2.05, 4.69) is 10.3 Å². The van der Waals surface area contributed by atoms with Crippen molar-refractivity contribution in [3.63, 3.8) is 0 Å². The summed E-state index contributed by atoms with van der Waals surface area (Å²) in [6, 6.07) is 3.05. The van der Waals surface area contributed by atoms with Gasteiger partial charge in [-0.1, -0.05) is 0 Å². The Kier molecular flexibility index (Phi) is 4.80. The first-order valence-electron chi connectivity index (χ1n) is 5.01. The topological polar surface area (TPSA) is 96.4 Å². The number of Topliss-reactive ketones (excluding diaryl/α,β-unsaturated/α-hetero) is 1. The second kappa shape index (κ2) is 6.37. The lowest BCUT2D eigenvalue weighted by Crippen LogP contribution is -2.29. The molecule has 6 heteroatoms. The van der Waals surface area contributed by atoms with Gasteiger partial charge in [0.05, 0.1) is 13.0 Å². The number of rotatable bonds is 6. The third-order valence-corrected chi connectivity index (χ3v) is 2.01. The Morgan fingerprint density at radius 2 is 1.82 bits per heavy atom. The standard InChI is InChI=1S/C11H12N2O4/c14-9(1-2-10(15)16)7-13-11(17)8-3-5-12-6-4-8/h3-6H,1-2,7H2,(H,13,17)(H,15,16). The largest absolute Gasteiger partial charge is 0.481 e. The highest BCUT2D eigenvalue weighted by Crippen LogP contribution is 1.96. The number of aliphatic carboxylic acids is 1. The number of pyridine rings is 1. The third kappa shape index (κ3) is 4.87. The molecule has 0 unspecified atom stereocenters. The fourth-order valence-corrected chi connectivity index (χ4v) is 1.12. The van der Waals surface area contributed by atoms with Crippen LogP contribution < -0.4 is 5.32 Å². The molecule has 1 rings (SSSR count). The number of carboxylic acid groups (broad SMARTS) is 1. The first-order chi connectivity index (χ1) is 8.09.